The highest BCUT2D eigenvalue weighted by molar-refractivity contribution is 6.18. The molecule has 0 amide bonds. The minimum atomic E-state index is -0.741. The molecule has 21 heavy (non-hydrogen) atoms. The second kappa shape index (κ2) is 3.96. The van der Waals surface area contributed by atoms with Gasteiger partial charge in [0.15, 0.2) is 5.43 Å². The fourth-order valence-electron chi connectivity index (χ4n) is 2.57. The van der Waals surface area contributed by atoms with Gasteiger partial charge in [-0.05, 0) is 18.2 Å². The normalized spacial score (nSPS) is 11.4. The van der Waals surface area contributed by atoms with Crippen LogP contribution in [0, 0.1) is 0 Å². The minimum Gasteiger partial charge on any atom is -0.480 e. The number of benzene rings is 2. The lowest BCUT2D eigenvalue weighted by Gasteiger charge is -2.06. The molecule has 0 spiro atoms. The quantitative estimate of drug-likeness (QED) is 0.395. The largest absolute Gasteiger partial charge is 0.480 e. The van der Waals surface area contributed by atoms with Crippen LogP contribution < -0.4 is 11.1 Å². The van der Waals surface area contributed by atoms with Crippen molar-refractivity contribution < 1.29 is 13.9 Å². The molecular weight excluding hydrogens is 272 g/mol. The topological polar surface area (TPSA) is 80.7 Å². The number of rotatable bonds is 0. The Morgan fingerprint density at radius 1 is 0.810 bits per heavy atom. The Hall–Kier alpha value is -3.08. The standard InChI is InChI=1S/C16H8O5/c17-8-5-6-10-12(7-8)21-16(19)14-13(10)9-3-1-2-4-11(9)20-15(14)18/h1-7,18H. The third kappa shape index (κ3) is 1.57. The average molecular weight is 280 g/mol. The first kappa shape index (κ1) is 11.7. The highest BCUT2D eigenvalue weighted by atomic mass is 16.5. The third-order valence-corrected chi connectivity index (χ3v) is 3.46. The van der Waals surface area contributed by atoms with Crippen molar-refractivity contribution in [3.05, 3.63) is 63.1 Å². The molecule has 4 aromatic rings. The molecule has 2 heterocycles. The zero-order chi connectivity index (χ0) is 14.6. The molecule has 5 nitrogen and oxygen atoms in total. The van der Waals surface area contributed by atoms with Gasteiger partial charge in [-0.15, -0.1) is 0 Å². The zero-order valence-electron chi connectivity index (χ0n) is 10.6. The maximum atomic E-state index is 12.1. The van der Waals surface area contributed by atoms with Crippen LogP contribution in [-0.4, -0.2) is 5.11 Å². The van der Waals surface area contributed by atoms with Gasteiger partial charge in [0.05, 0.1) is 0 Å². The maximum absolute atomic E-state index is 12.1. The second-order valence-electron chi connectivity index (χ2n) is 4.70. The molecule has 102 valence electrons. The highest BCUT2D eigenvalue weighted by Gasteiger charge is 2.16. The molecule has 4 rings (SSSR count). The number of para-hydroxylation sites is 1. The summed E-state index contributed by atoms with van der Waals surface area (Å²) in [7, 11) is 0. The summed E-state index contributed by atoms with van der Waals surface area (Å²) in [5, 5.41) is 11.7. The van der Waals surface area contributed by atoms with Crippen molar-refractivity contribution in [2.45, 2.75) is 0 Å². The number of hydrogen-bond donors (Lipinski definition) is 1. The average Bonchev–Trinajstić information content (AvgIpc) is 2.46. The van der Waals surface area contributed by atoms with Gasteiger partial charge in [-0.1, -0.05) is 18.2 Å². The van der Waals surface area contributed by atoms with Gasteiger partial charge in [-0.25, -0.2) is 4.79 Å². The molecule has 1 N–H and O–H groups in total. The smallest absolute Gasteiger partial charge is 0.351 e. The van der Waals surface area contributed by atoms with Crippen molar-refractivity contribution in [3.63, 3.8) is 0 Å². The second-order valence-corrected chi connectivity index (χ2v) is 4.70. The van der Waals surface area contributed by atoms with Gasteiger partial charge in [0, 0.05) is 22.2 Å². The number of hydrogen-bond acceptors (Lipinski definition) is 5. The Morgan fingerprint density at radius 3 is 2.43 bits per heavy atom. The third-order valence-electron chi connectivity index (χ3n) is 3.46. The zero-order valence-corrected chi connectivity index (χ0v) is 10.6. The van der Waals surface area contributed by atoms with Crippen molar-refractivity contribution in [3.8, 4) is 5.95 Å². The molecule has 0 fully saturated rings. The van der Waals surface area contributed by atoms with Crippen molar-refractivity contribution >= 4 is 32.7 Å². The van der Waals surface area contributed by atoms with Crippen LogP contribution in [0.4, 0.5) is 0 Å². The van der Waals surface area contributed by atoms with Crippen LogP contribution in [0.25, 0.3) is 32.7 Å². The van der Waals surface area contributed by atoms with Crippen LogP contribution >= 0.6 is 0 Å². The van der Waals surface area contributed by atoms with Crippen LogP contribution in [0.5, 0.6) is 5.95 Å². The first-order valence-corrected chi connectivity index (χ1v) is 6.26. The first-order chi connectivity index (χ1) is 10.1. The molecule has 0 unspecified atom stereocenters. The van der Waals surface area contributed by atoms with Crippen LogP contribution in [0.1, 0.15) is 0 Å². The van der Waals surface area contributed by atoms with Crippen LogP contribution in [0.3, 0.4) is 0 Å². The summed E-state index contributed by atoms with van der Waals surface area (Å²) in [4.78, 5) is 23.5. The van der Waals surface area contributed by atoms with E-state index in [1.165, 1.54) is 12.1 Å². The lowest BCUT2D eigenvalue weighted by atomic mass is 10.0. The van der Waals surface area contributed by atoms with Crippen molar-refractivity contribution in [2.24, 2.45) is 0 Å². The number of fused-ring (bicyclic) bond motifs is 5. The Bertz CT molecular complexity index is 1130. The van der Waals surface area contributed by atoms with Crippen molar-refractivity contribution in [1.29, 1.82) is 0 Å². The summed E-state index contributed by atoms with van der Waals surface area (Å²) in [6.07, 6.45) is 0. The summed E-state index contributed by atoms with van der Waals surface area (Å²) in [5.74, 6) is -0.495. The Kier molecular flexibility index (Phi) is 2.21. The lowest BCUT2D eigenvalue weighted by Crippen LogP contribution is -2.03. The van der Waals surface area contributed by atoms with Crippen LogP contribution in [0.15, 0.2) is 60.9 Å². The molecule has 0 saturated carbocycles. The van der Waals surface area contributed by atoms with Gasteiger partial charge >= 0.3 is 5.63 Å². The van der Waals surface area contributed by atoms with E-state index in [1.807, 2.05) is 0 Å². The van der Waals surface area contributed by atoms with Gasteiger partial charge in [0.1, 0.15) is 16.6 Å². The molecule has 2 aromatic heterocycles. The van der Waals surface area contributed by atoms with Crippen molar-refractivity contribution in [1.82, 2.24) is 0 Å². The summed E-state index contributed by atoms with van der Waals surface area (Å²) in [6.45, 7) is 0. The Labute approximate surface area is 116 Å². The van der Waals surface area contributed by atoms with E-state index in [9.17, 15) is 14.7 Å². The van der Waals surface area contributed by atoms with Gasteiger partial charge < -0.3 is 13.9 Å². The van der Waals surface area contributed by atoms with E-state index >= 15 is 0 Å². The SMILES string of the molecule is O=c1ccc2c(c1)oc(=O)c1c(O)oc3ccccc3c12. The molecular formula is C16H8O5. The molecule has 0 aliphatic rings. The molecule has 0 aliphatic heterocycles. The molecule has 0 saturated heterocycles. The Morgan fingerprint density at radius 2 is 1.57 bits per heavy atom. The summed E-state index contributed by atoms with van der Waals surface area (Å²) in [6, 6.07) is 11.3. The van der Waals surface area contributed by atoms with Crippen molar-refractivity contribution in [2.75, 3.05) is 0 Å². The van der Waals surface area contributed by atoms with Gasteiger partial charge in [0.2, 0.25) is 0 Å². The molecule has 2 aromatic carbocycles. The van der Waals surface area contributed by atoms with Gasteiger partial charge in [0.25, 0.3) is 5.95 Å². The van der Waals surface area contributed by atoms with E-state index in [2.05, 4.69) is 0 Å². The maximum Gasteiger partial charge on any atom is 0.351 e. The molecule has 0 atom stereocenters. The monoisotopic (exact) mass is 280 g/mol. The van der Waals surface area contributed by atoms with E-state index in [1.54, 1.807) is 30.3 Å². The van der Waals surface area contributed by atoms with E-state index in [-0.39, 0.29) is 16.4 Å². The lowest BCUT2D eigenvalue weighted by molar-refractivity contribution is 0.346. The van der Waals surface area contributed by atoms with Crippen LogP contribution in [0.2, 0.25) is 0 Å². The Balaban J connectivity index is 2.46. The molecule has 0 bridgehead atoms. The fourth-order valence-corrected chi connectivity index (χ4v) is 2.57. The fraction of sp³-hybridized carbons (Fsp3) is 0. The van der Waals surface area contributed by atoms with E-state index in [0.717, 1.165) is 0 Å². The summed E-state index contributed by atoms with van der Waals surface area (Å²) >= 11 is 0. The summed E-state index contributed by atoms with van der Waals surface area (Å²) < 4.78 is 10.4. The molecule has 0 radical (unpaired) electrons. The predicted octanol–water partition coefficient (Wildman–Crippen LogP) is 2.76. The van der Waals surface area contributed by atoms with Crippen LogP contribution in [-0.2, 0) is 0 Å². The number of aromatic hydroxyl groups is 1. The van der Waals surface area contributed by atoms with Gasteiger partial charge in [-0.2, -0.15) is 0 Å². The predicted molar refractivity (Wildman–Crippen MR) is 77.7 cm³/mol. The van der Waals surface area contributed by atoms with E-state index < -0.39 is 11.6 Å². The van der Waals surface area contributed by atoms with E-state index in [4.69, 9.17) is 8.83 Å². The first-order valence-electron chi connectivity index (χ1n) is 6.26. The minimum absolute atomic E-state index is 0.0279. The molecule has 0 aliphatic carbocycles. The van der Waals surface area contributed by atoms with E-state index in [0.29, 0.717) is 21.7 Å². The summed E-state index contributed by atoms with van der Waals surface area (Å²) in [5.41, 5.74) is -0.356. The highest BCUT2D eigenvalue weighted by Crippen LogP contribution is 2.34. The van der Waals surface area contributed by atoms with Gasteiger partial charge in [-0.3, -0.25) is 4.79 Å². The molecule has 5 heteroatoms.